The van der Waals surface area contributed by atoms with Crippen molar-refractivity contribution in [3.8, 4) is 0 Å². The van der Waals surface area contributed by atoms with Gasteiger partial charge in [-0.25, -0.2) is 4.79 Å². The Labute approximate surface area is 145 Å². The Morgan fingerprint density at radius 3 is 2.60 bits per heavy atom. The summed E-state index contributed by atoms with van der Waals surface area (Å²) in [5.41, 5.74) is -1.79. The van der Waals surface area contributed by atoms with Gasteiger partial charge in [0.15, 0.2) is 0 Å². The van der Waals surface area contributed by atoms with Crippen LogP contribution in [0.25, 0.3) is 6.08 Å². The number of aliphatic hydroxyl groups is 1. The molecule has 0 aliphatic heterocycles. The van der Waals surface area contributed by atoms with Crippen LogP contribution < -0.4 is 16.6 Å². The smallest absolute Gasteiger partial charge is 0.325 e. The highest BCUT2D eigenvalue weighted by Gasteiger charge is 2.31. The van der Waals surface area contributed by atoms with Gasteiger partial charge in [0.1, 0.15) is 5.54 Å². The van der Waals surface area contributed by atoms with E-state index in [0.717, 1.165) is 12.5 Å². The van der Waals surface area contributed by atoms with Crippen LogP contribution in [0, 0.1) is 6.92 Å². The number of rotatable bonds is 10. The maximum absolute atomic E-state index is 12.2. The number of amides is 1. The van der Waals surface area contributed by atoms with E-state index in [1.54, 1.807) is 6.92 Å². The van der Waals surface area contributed by atoms with Crippen molar-refractivity contribution in [2.24, 2.45) is 0 Å². The minimum Gasteiger partial charge on any atom is -0.394 e. The van der Waals surface area contributed by atoms with Crippen molar-refractivity contribution in [2.75, 3.05) is 33.5 Å². The standard InChI is InChI=1S/C16H25N3O6/c1-4-7-25-10-16(8-20,9-24-3)19-13(21)6-5-12-11(2)17-15(23)18-14(12)22/h5-6,20H,4,7-10H2,1-3H3,(H,19,21)(H2,17,18,22,23). The number of aromatic nitrogens is 2. The molecule has 0 aliphatic carbocycles. The summed E-state index contributed by atoms with van der Waals surface area (Å²) in [7, 11) is 1.45. The summed E-state index contributed by atoms with van der Waals surface area (Å²) in [6.07, 6.45) is 3.24. The molecule has 1 aromatic heterocycles. The number of aromatic amines is 2. The highest BCUT2D eigenvalue weighted by Crippen LogP contribution is 2.07. The van der Waals surface area contributed by atoms with E-state index in [-0.39, 0.29) is 25.4 Å². The van der Waals surface area contributed by atoms with E-state index in [0.29, 0.717) is 12.3 Å². The predicted molar refractivity (Wildman–Crippen MR) is 92.4 cm³/mol. The Hall–Kier alpha value is -2.23. The largest absolute Gasteiger partial charge is 0.394 e. The number of hydrogen-bond donors (Lipinski definition) is 4. The summed E-state index contributed by atoms with van der Waals surface area (Å²) in [5, 5.41) is 12.3. The van der Waals surface area contributed by atoms with Gasteiger partial charge in [0.05, 0.1) is 25.4 Å². The normalized spacial score (nSPS) is 13.8. The molecule has 25 heavy (non-hydrogen) atoms. The van der Waals surface area contributed by atoms with Crippen molar-refractivity contribution in [1.82, 2.24) is 15.3 Å². The van der Waals surface area contributed by atoms with Gasteiger partial charge in [-0.15, -0.1) is 0 Å². The molecule has 1 unspecified atom stereocenters. The lowest BCUT2D eigenvalue weighted by Gasteiger charge is -2.31. The van der Waals surface area contributed by atoms with Gasteiger partial charge < -0.3 is 24.9 Å². The zero-order chi connectivity index (χ0) is 18.9. The summed E-state index contributed by atoms with van der Waals surface area (Å²) < 4.78 is 10.5. The molecule has 140 valence electrons. The van der Waals surface area contributed by atoms with Gasteiger partial charge in [-0.1, -0.05) is 6.92 Å². The fraction of sp³-hybridized carbons (Fsp3) is 0.562. The van der Waals surface area contributed by atoms with Gasteiger partial charge in [-0.05, 0) is 19.4 Å². The molecular formula is C16H25N3O6. The Bertz CT molecular complexity index is 709. The van der Waals surface area contributed by atoms with Crippen LogP contribution in [0.3, 0.4) is 0 Å². The molecule has 0 spiro atoms. The molecule has 0 saturated carbocycles. The molecule has 0 aliphatic rings. The van der Waals surface area contributed by atoms with Crippen LogP contribution >= 0.6 is 0 Å². The first-order valence-electron chi connectivity index (χ1n) is 7.88. The number of aryl methyl sites for hydroxylation is 1. The van der Waals surface area contributed by atoms with E-state index in [4.69, 9.17) is 9.47 Å². The minimum atomic E-state index is -1.09. The number of methoxy groups -OCH3 is 1. The molecule has 0 aromatic carbocycles. The van der Waals surface area contributed by atoms with Gasteiger partial charge >= 0.3 is 5.69 Å². The Morgan fingerprint density at radius 1 is 1.32 bits per heavy atom. The highest BCUT2D eigenvalue weighted by atomic mass is 16.5. The molecule has 4 N–H and O–H groups in total. The summed E-state index contributed by atoms with van der Waals surface area (Å²) in [5.74, 6) is -0.531. The quantitative estimate of drug-likeness (QED) is 0.324. The third-order valence-corrected chi connectivity index (χ3v) is 3.42. The molecule has 9 nitrogen and oxygen atoms in total. The number of nitrogens with one attached hydrogen (secondary N) is 3. The molecular weight excluding hydrogens is 330 g/mol. The van der Waals surface area contributed by atoms with Crippen LogP contribution in [0.5, 0.6) is 0 Å². The average Bonchev–Trinajstić information content (AvgIpc) is 2.54. The number of H-pyrrole nitrogens is 2. The number of ether oxygens (including phenoxy) is 2. The second-order valence-electron chi connectivity index (χ2n) is 5.69. The molecule has 0 radical (unpaired) electrons. The molecule has 0 fully saturated rings. The zero-order valence-corrected chi connectivity index (χ0v) is 14.7. The minimum absolute atomic E-state index is 0.0606. The van der Waals surface area contributed by atoms with Crippen LogP contribution in [0.1, 0.15) is 24.6 Å². The van der Waals surface area contributed by atoms with Crippen LogP contribution in [-0.4, -0.2) is 60.1 Å². The van der Waals surface area contributed by atoms with E-state index < -0.39 is 22.7 Å². The number of aliphatic hydroxyl groups excluding tert-OH is 1. The molecule has 0 bridgehead atoms. The maximum atomic E-state index is 12.2. The van der Waals surface area contributed by atoms with Crippen molar-refractivity contribution < 1.29 is 19.4 Å². The number of carbonyl (C=O) groups is 1. The number of carbonyl (C=O) groups excluding carboxylic acids is 1. The van der Waals surface area contributed by atoms with Gasteiger partial charge in [0, 0.05) is 25.5 Å². The molecule has 1 atom stereocenters. The van der Waals surface area contributed by atoms with Crippen molar-refractivity contribution in [2.45, 2.75) is 25.8 Å². The Balaban J connectivity index is 2.90. The van der Waals surface area contributed by atoms with Crippen molar-refractivity contribution in [3.05, 3.63) is 38.2 Å². The topological polar surface area (TPSA) is 134 Å². The first-order chi connectivity index (χ1) is 11.9. The monoisotopic (exact) mass is 355 g/mol. The van der Waals surface area contributed by atoms with Crippen LogP contribution in [0.2, 0.25) is 0 Å². The lowest BCUT2D eigenvalue weighted by Crippen LogP contribution is -2.57. The van der Waals surface area contributed by atoms with Crippen molar-refractivity contribution in [1.29, 1.82) is 0 Å². The van der Waals surface area contributed by atoms with Crippen LogP contribution in [-0.2, 0) is 14.3 Å². The maximum Gasteiger partial charge on any atom is 0.325 e. The summed E-state index contributed by atoms with van der Waals surface area (Å²) >= 11 is 0. The van der Waals surface area contributed by atoms with Gasteiger partial charge in [0.25, 0.3) is 5.56 Å². The van der Waals surface area contributed by atoms with Gasteiger partial charge in [-0.2, -0.15) is 0 Å². The van der Waals surface area contributed by atoms with E-state index >= 15 is 0 Å². The molecule has 0 saturated heterocycles. The van der Waals surface area contributed by atoms with Crippen LogP contribution in [0.15, 0.2) is 15.7 Å². The van der Waals surface area contributed by atoms with E-state index in [2.05, 4.69) is 15.3 Å². The van der Waals surface area contributed by atoms with Crippen molar-refractivity contribution in [3.63, 3.8) is 0 Å². The molecule has 9 heteroatoms. The van der Waals surface area contributed by atoms with E-state index in [1.165, 1.54) is 13.2 Å². The highest BCUT2D eigenvalue weighted by molar-refractivity contribution is 5.92. The second-order valence-corrected chi connectivity index (χ2v) is 5.69. The molecule has 1 aromatic rings. The molecule has 1 amide bonds. The number of hydrogen-bond acceptors (Lipinski definition) is 6. The van der Waals surface area contributed by atoms with E-state index in [9.17, 15) is 19.5 Å². The fourth-order valence-electron chi connectivity index (χ4n) is 2.21. The van der Waals surface area contributed by atoms with Gasteiger partial charge in [-0.3, -0.25) is 14.6 Å². The van der Waals surface area contributed by atoms with Gasteiger partial charge in [0.2, 0.25) is 5.91 Å². The fourth-order valence-corrected chi connectivity index (χ4v) is 2.21. The summed E-state index contributed by atoms with van der Waals surface area (Å²) in [6.45, 7) is 3.76. The predicted octanol–water partition coefficient (Wildman–Crippen LogP) is -0.695. The van der Waals surface area contributed by atoms with E-state index in [1.807, 2.05) is 6.92 Å². The average molecular weight is 355 g/mol. The zero-order valence-electron chi connectivity index (χ0n) is 14.7. The lowest BCUT2D eigenvalue weighted by molar-refractivity contribution is -0.121. The third-order valence-electron chi connectivity index (χ3n) is 3.42. The SMILES string of the molecule is CCCOCC(CO)(COC)NC(=O)C=Cc1c(C)[nH]c(=O)[nH]c1=O. The molecule has 1 rings (SSSR count). The Morgan fingerprint density at radius 2 is 2.04 bits per heavy atom. The second kappa shape index (κ2) is 9.92. The summed E-state index contributed by atoms with van der Waals surface area (Å²) in [4.78, 5) is 39.6. The van der Waals surface area contributed by atoms with Crippen molar-refractivity contribution >= 4 is 12.0 Å². The molecule has 1 heterocycles. The third kappa shape index (κ3) is 6.29. The lowest BCUT2D eigenvalue weighted by atomic mass is 10.0. The Kier molecular flexibility index (Phi) is 8.26. The van der Waals surface area contributed by atoms with Crippen LogP contribution in [0.4, 0.5) is 0 Å². The summed E-state index contributed by atoms with van der Waals surface area (Å²) in [6, 6.07) is 0. The first-order valence-corrected chi connectivity index (χ1v) is 7.88. The first kappa shape index (κ1) is 20.8.